The average Bonchev–Trinajstić information content (AvgIpc) is 3.08. The Morgan fingerprint density at radius 1 is 0.879 bits per heavy atom. The lowest BCUT2D eigenvalue weighted by Gasteiger charge is -1.93. The van der Waals surface area contributed by atoms with Gasteiger partial charge in [-0.3, -0.25) is 0 Å². The van der Waals surface area contributed by atoms with Gasteiger partial charge in [0.1, 0.15) is 22.8 Å². The van der Waals surface area contributed by atoms with Gasteiger partial charge in [0.25, 0.3) is 0 Å². The molecule has 2 aromatic carbocycles. The highest BCUT2D eigenvalue weighted by Crippen LogP contribution is 2.10. The van der Waals surface area contributed by atoms with Gasteiger partial charge < -0.3 is 4.42 Å². The van der Waals surface area contributed by atoms with Crippen LogP contribution in [0.15, 0.2) is 82.8 Å². The monoisotopic (exact) mass is 436 g/mol. The topological polar surface area (TPSA) is 13.1 Å². The van der Waals surface area contributed by atoms with Gasteiger partial charge >= 0.3 is 0 Å². The van der Waals surface area contributed by atoms with Crippen molar-refractivity contribution in [1.82, 2.24) is 0 Å². The highest BCUT2D eigenvalue weighted by Gasteiger charge is 2.05. The van der Waals surface area contributed by atoms with Crippen LogP contribution >= 0.6 is 0 Å². The van der Waals surface area contributed by atoms with Crippen LogP contribution < -0.4 is 10.6 Å². The lowest BCUT2D eigenvalue weighted by molar-refractivity contribution is 0.520. The molecule has 1 heterocycles. The first-order valence-electron chi connectivity index (χ1n) is 10.3. The number of furan rings is 1. The predicted molar refractivity (Wildman–Crippen MR) is 131 cm³/mol. The molecule has 3 rings (SSSR count). The molecule has 0 aliphatic rings. The van der Waals surface area contributed by atoms with Crippen molar-refractivity contribution in [2.45, 2.75) is 13.8 Å². The van der Waals surface area contributed by atoms with Crippen molar-refractivity contribution in [3.63, 3.8) is 0 Å². The van der Waals surface area contributed by atoms with Crippen LogP contribution in [0.5, 0.6) is 0 Å². The lowest BCUT2D eigenvalue weighted by Crippen LogP contribution is -2.19. The molecule has 3 heteroatoms. The number of benzene rings is 2. The van der Waals surface area contributed by atoms with Gasteiger partial charge in [-0.1, -0.05) is 49.0 Å². The van der Waals surface area contributed by atoms with E-state index in [0.29, 0.717) is 27.9 Å². The Balaban J connectivity index is 1.92. The van der Waals surface area contributed by atoms with Gasteiger partial charge in [-0.25, -0.2) is 8.78 Å². The van der Waals surface area contributed by atoms with E-state index in [1.54, 1.807) is 36.4 Å². The normalized spacial score (nSPS) is 11.9. The number of rotatable bonds is 3. The molecule has 0 spiro atoms. The number of halogens is 2. The zero-order chi connectivity index (χ0) is 23.8. The minimum absolute atomic E-state index is 0.298. The van der Waals surface area contributed by atoms with Crippen molar-refractivity contribution in [3.8, 4) is 23.7 Å². The number of hydrogen-bond donors (Lipinski definition) is 0. The van der Waals surface area contributed by atoms with E-state index in [-0.39, 0.29) is 11.6 Å². The Morgan fingerprint density at radius 2 is 1.39 bits per heavy atom. The van der Waals surface area contributed by atoms with E-state index in [1.807, 2.05) is 26.0 Å². The van der Waals surface area contributed by atoms with E-state index in [1.165, 1.54) is 24.3 Å². The third-order valence-electron chi connectivity index (χ3n) is 4.83. The molecule has 0 radical (unpaired) electrons. The van der Waals surface area contributed by atoms with E-state index in [4.69, 9.17) is 4.42 Å². The van der Waals surface area contributed by atoms with Crippen molar-refractivity contribution in [2.75, 3.05) is 0 Å². The Morgan fingerprint density at radius 3 is 1.88 bits per heavy atom. The molecule has 1 nitrogen and oxygen atoms in total. The fourth-order valence-electron chi connectivity index (χ4n) is 2.82. The summed E-state index contributed by atoms with van der Waals surface area (Å²) in [6.45, 7) is 11.7. The minimum Gasteiger partial charge on any atom is -0.456 e. The molecule has 0 N–H and O–H groups in total. The largest absolute Gasteiger partial charge is 0.456 e. The second-order valence-corrected chi connectivity index (χ2v) is 7.14. The molecule has 0 fully saturated rings. The fourth-order valence-corrected chi connectivity index (χ4v) is 2.82. The number of allylic oxidation sites excluding steroid dienone is 4. The van der Waals surface area contributed by atoms with Gasteiger partial charge in [0, 0.05) is 33.1 Å². The van der Waals surface area contributed by atoms with Crippen molar-refractivity contribution >= 4 is 18.7 Å². The van der Waals surface area contributed by atoms with Crippen LogP contribution in [0.25, 0.3) is 18.7 Å². The standard InChI is InChI=1S/C30H22F2O/c1-5-23(7-9-25-11-15-27(31)16-12-25)19-29-21(3)22(4)30(33-29)20-24(6-2)8-10-26-13-17-28(32)18-14-26/h5-6,11-20H,1,4H2,2-3H3/b23-19+,24-6-,30-20+. The summed E-state index contributed by atoms with van der Waals surface area (Å²) in [6, 6.07) is 12.0. The van der Waals surface area contributed by atoms with Crippen molar-refractivity contribution in [2.24, 2.45) is 0 Å². The highest BCUT2D eigenvalue weighted by molar-refractivity contribution is 5.63. The van der Waals surface area contributed by atoms with Crippen molar-refractivity contribution < 1.29 is 13.2 Å². The van der Waals surface area contributed by atoms with Crippen LogP contribution in [-0.2, 0) is 0 Å². The van der Waals surface area contributed by atoms with E-state index >= 15 is 0 Å². The van der Waals surface area contributed by atoms with Crippen molar-refractivity contribution in [1.29, 1.82) is 0 Å². The molecule has 3 aromatic rings. The molecular weight excluding hydrogens is 414 g/mol. The Bertz CT molecular complexity index is 1460. The van der Waals surface area contributed by atoms with E-state index in [9.17, 15) is 8.78 Å². The minimum atomic E-state index is -0.305. The van der Waals surface area contributed by atoms with Gasteiger partial charge in [0.2, 0.25) is 0 Å². The molecule has 33 heavy (non-hydrogen) atoms. The van der Waals surface area contributed by atoms with Crippen LogP contribution in [0.3, 0.4) is 0 Å². The van der Waals surface area contributed by atoms with Gasteiger partial charge in [0.15, 0.2) is 0 Å². The van der Waals surface area contributed by atoms with Gasteiger partial charge in [-0.2, -0.15) is 0 Å². The van der Waals surface area contributed by atoms with Gasteiger partial charge in [0.05, 0.1) is 0 Å². The summed E-state index contributed by atoms with van der Waals surface area (Å²) >= 11 is 0. The first kappa shape index (κ1) is 23.3. The van der Waals surface area contributed by atoms with Gasteiger partial charge in [-0.05, 0) is 74.5 Å². The average molecular weight is 437 g/mol. The van der Waals surface area contributed by atoms with Crippen LogP contribution in [-0.4, -0.2) is 0 Å². The van der Waals surface area contributed by atoms with Crippen LogP contribution in [0.2, 0.25) is 0 Å². The highest BCUT2D eigenvalue weighted by atomic mass is 19.1. The second-order valence-electron chi connectivity index (χ2n) is 7.14. The maximum atomic E-state index is 13.1. The van der Waals surface area contributed by atoms with E-state index in [2.05, 4.69) is 36.8 Å². The molecule has 0 aliphatic heterocycles. The summed E-state index contributed by atoms with van der Waals surface area (Å²) in [7, 11) is 0. The molecule has 1 aromatic heterocycles. The molecule has 0 aliphatic carbocycles. The summed E-state index contributed by atoms with van der Waals surface area (Å²) < 4.78 is 32.2. The SMILES string of the molecule is C=C/C(C#Cc1ccc(F)cc1)=C\c1o/c(=C/C(C#Cc2ccc(F)cc2)=C\C)c(=C)c1C. The Labute approximate surface area is 192 Å². The molecule has 162 valence electrons. The quantitative estimate of drug-likeness (QED) is 0.381. The van der Waals surface area contributed by atoms with Gasteiger partial charge in [-0.15, -0.1) is 0 Å². The smallest absolute Gasteiger partial charge is 0.135 e. The summed E-state index contributed by atoms with van der Waals surface area (Å²) in [4.78, 5) is 0. The van der Waals surface area contributed by atoms with E-state index < -0.39 is 0 Å². The Kier molecular flexibility index (Phi) is 7.64. The Hall–Kier alpha value is -4.34. The molecule has 0 amide bonds. The van der Waals surface area contributed by atoms with E-state index in [0.717, 1.165) is 16.4 Å². The third-order valence-corrected chi connectivity index (χ3v) is 4.83. The maximum Gasteiger partial charge on any atom is 0.135 e. The molecule has 0 atom stereocenters. The zero-order valence-electron chi connectivity index (χ0n) is 18.5. The third kappa shape index (κ3) is 6.33. The molecule has 0 bridgehead atoms. The van der Waals surface area contributed by atoms with Crippen molar-refractivity contribution in [3.05, 3.63) is 123 Å². The predicted octanol–water partition coefficient (Wildman–Crippen LogP) is 5.68. The zero-order valence-corrected chi connectivity index (χ0v) is 18.5. The summed E-state index contributed by atoms with van der Waals surface area (Å²) in [6.07, 6.45) is 7.12. The molecule has 0 saturated carbocycles. The second kappa shape index (κ2) is 10.8. The first-order valence-corrected chi connectivity index (χ1v) is 10.3. The van der Waals surface area contributed by atoms with Crippen LogP contribution in [0.1, 0.15) is 29.4 Å². The lowest BCUT2D eigenvalue weighted by atomic mass is 10.1. The molecule has 0 unspecified atom stereocenters. The summed E-state index contributed by atoms with van der Waals surface area (Å²) in [5.74, 6) is 12.1. The summed E-state index contributed by atoms with van der Waals surface area (Å²) in [5, 5.41) is 0.749. The fraction of sp³-hybridized carbons (Fsp3) is 0.0667. The van der Waals surface area contributed by atoms with Crippen LogP contribution in [0.4, 0.5) is 8.78 Å². The summed E-state index contributed by atoms with van der Waals surface area (Å²) in [5.41, 5.74) is 4.29. The maximum absolute atomic E-state index is 13.1. The molecule has 0 saturated heterocycles. The van der Waals surface area contributed by atoms with Crippen LogP contribution in [0, 0.1) is 42.2 Å². The first-order chi connectivity index (χ1) is 15.9. The number of hydrogen-bond acceptors (Lipinski definition) is 1. The molecular formula is C30H22F2O.